The number of hydrogen-bond acceptors (Lipinski definition) is 5. The summed E-state index contributed by atoms with van der Waals surface area (Å²) in [6.45, 7) is 0.323. The molecule has 1 aromatic heterocycles. The smallest absolute Gasteiger partial charge is 0.326 e. The Morgan fingerprint density at radius 3 is 2.67 bits per heavy atom. The molecule has 0 bridgehead atoms. The van der Waals surface area contributed by atoms with Crippen LogP contribution >= 0.6 is 0 Å². The number of carbonyl (C=O) groups excluding carboxylic acids is 1. The Hall–Kier alpha value is -2.70. The van der Waals surface area contributed by atoms with Crippen molar-refractivity contribution in [3.05, 3.63) is 47.1 Å². The summed E-state index contributed by atoms with van der Waals surface area (Å²) >= 11 is 0. The van der Waals surface area contributed by atoms with Gasteiger partial charge in [-0.1, -0.05) is 42.3 Å². The molecule has 1 N–H and O–H groups in total. The predicted octanol–water partition coefficient (Wildman–Crippen LogP) is 2.70. The lowest BCUT2D eigenvalue weighted by molar-refractivity contribution is -0.151. The highest BCUT2D eigenvalue weighted by Gasteiger charge is 2.34. The van der Waals surface area contributed by atoms with Crippen LogP contribution in [0.1, 0.15) is 60.9 Å². The van der Waals surface area contributed by atoms with Gasteiger partial charge in [0.15, 0.2) is 5.82 Å². The number of aryl methyl sites for hydroxylation is 1. The number of benzene rings is 1. The van der Waals surface area contributed by atoms with Crippen molar-refractivity contribution >= 4 is 11.9 Å². The molecule has 1 saturated carbocycles. The number of carboxylic acids is 1. The van der Waals surface area contributed by atoms with Crippen LogP contribution in [0.3, 0.4) is 0 Å². The number of fused-ring (bicyclic) bond motifs is 1. The zero-order chi connectivity index (χ0) is 18.8. The van der Waals surface area contributed by atoms with Crippen LogP contribution in [0.4, 0.5) is 0 Å². The zero-order valence-corrected chi connectivity index (χ0v) is 15.1. The molecule has 0 unspecified atom stereocenters. The van der Waals surface area contributed by atoms with Gasteiger partial charge in [-0.3, -0.25) is 4.79 Å². The van der Waals surface area contributed by atoms with Crippen LogP contribution in [0.5, 0.6) is 0 Å². The van der Waals surface area contributed by atoms with E-state index in [1.807, 2.05) is 24.3 Å². The largest absolute Gasteiger partial charge is 0.480 e. The van der Waals surface area contributed by atoms with Crippen molar-refractivity contribution in [1.82, 2.24) is 15.0 Å². The molecule has 2 heterocycles. The molecule has 1 aromatic carbocycles. The van der Waals surface area contributed by atoms with Crippen LogP contribution in [-0.2, 0) is 29.0 Å². The molecule has 7 heteroatoms. The van der Waals surface area contributed by atoms with E-state index in [2.05, 4.69) is 10.1 Å². The van der Waals surface area contributed by atoms with Crippen LogP contribution in [0.2, 0.25) is 0 Å². The number of nitrogens with zero attached hydrogens (tertiary/aromatic N) is 3. The van der Waals surface area contributed by atoms with E-state index in [1.165, 1.54) is 17.7 Å². The van der Waals surface area contributed by atoms with Crippen molar-refractivity contribution in [2.75, 3.05) is 0 Å². The van der Waals surface area contributed by atoms with Crippen LogP contribution in [0.25, 0.3) is 0 Å². The Bertz CT molecular complexity index is 841. The summed E-state index contributed by atoms with van der Waals surface area (Å²) in [5, 5.41) is 13.6. The molecule has 1 fully saturated rings. The molecule has 1 amide bonds. The highest BCUT2D eigenvalue weighted by atomic mass is 16.5. The molecule has 1 aliphatic heterocycles. The lowest BCUT2D eigenvalue weighted by atomic mass is 9.93. The number of amides is 1. The Morgan fingerprint density at radius 2 is 1.93 bits per heavy atom. The molecule has 142 valence electrons. The fourth-order valence-corrected chi connectivity index (χ4v) is 4.08. The monoisotopic (exact) mass is 369 g/mol. The summed E-state index contributed by atoms with van der Waals surface area (Å²) in [5.74, 6) is 0.393. The molecule has 7 nitrogen and oxygen atoms in total. The van der Waals surface area contributed by atoms with Gasteiger partial charge in [-0.05, 0) is 24.0 Å². The van der Waals surface area contributed by atoms with Gasteiger partial charge in [0.1, 0.15) is 6.04 Å². The molecule has 0 radical (unpaired) electrons. The van der Waals surface area contributed by atoms with Crippen molar-refractivity contribution in [3.63, 3.8) is 0 Å². The van der Waals surface area contributed by atoms with Crippen molar-refractivity contribution in [3.8, 4) is 0 Å². The summed E-state index contributed by atoms with van der Waals surface area (Å²) in [7, 11) is 0. The minimum atomic E-state index is -0.973. The first-order chi connectivity index (χ1) is 13.1. The first-order valence-corrected chi connectivity index (χ1v) is 9.53. The fraction of sp³-hybridized carbons (Fsp3) is 0.500. The second kappa shape index (κ2) is 7.50. The van der Waals surface area contributed by atoms with Crippen molar-refractivity contribution in [2.45, 2.75) is 63.5 Å². The van der Waals surface area contributed by atoms with Gasteiger partial charge in [0.2, 0.25) is 11.8 Å². The van der Waals surface area contributed by atoms with Crippen LogP contribution in [0, 0.1) is 0 Å². The predicted molar refractivity (Wildman–Crippen MR) is 95.9 cm³/mol. The van der Waals surface area contributed by atoms with E-state index in [4.69, 9.17) is 4.52 Å². The second-order valence-electron chi connectivity index (χ2n) is 7.38. The lowest BCUT2D eigenvalue weighted by Gasteiger charge is -2.34. The molecule has 2 aromatic rings. The van der Waals surface area contributed by atoms with Crippen molar-refractivity contribution in [1.29, 1.82) is 0 Å². The maximum Gasteiger partial charge on any atom is 0.326 e. The summed E-state index contributed by atoms with van der Waals surface area (Å²) < 4.78 is 5.30. The lowest BCUT2D eigenvalue weighted by Crippen LogP contribution is -2.48. The van der Waals surface area contributed by atoms with Crippen LogP contribution in [-0.4, -0.2) is 38.1 Å². The molecular weight excluding hydrogens is 346 g/mol. The third kappa shape index (κ3) is 3.72. The van der Waals surface area contributed by atoms with Gasteiger partial charge in [0.05, 0.1) is 0 Å². The Balaban J connectivity index is 1.41. The number of hydrogen-bond donors (Lipinski definition) is 1. The minimum Gasteiger partial charge on any atom is -0.480 e. The van der Waals surface area contributed by atoms with Gasteiger partial charge in [-0.15, -0.1) is 0 Å². The molecule has 0 spiro atoms. The summed E-state index contributed by atoms with van der Waals surface area (Å²) in [4.78, 5) is 30.3. The average molecular weight is 369 g/mol. The van der Waals surface area contributed by atoms with E-state index < -0.39 is 12.0 Å². The maximum atomic E-state index is 12.7. The number of aliphatic carboxylic acids is 1. The minimum absolute atomic E-state index is 0.165. The number of carbonyl (C=O) groups is 2. The van der Waals surface area contributed by atoms with Crippen molar-refractivity contribution < 1.29 is 19.2 Å². The highest BCUT2D eigenvalue weighted by Crippen LogP contribution is 2.32. The Labute approximate surface area is 157 Å². The van der Waals surface area contributed by atoms with E-state index in [0.717, 1.165) is 29.8 Å². The third-order valence-corrected chi connectivity index (χ3v) is 5.61. The van der Waals surface area contributed by atoms with E-state index in [0.29, 0.717) is 31.2 Å². The third-order valence-electron chi connectivity index (χ3n) is 5.61. The molecule has 0 saturated heterocycles. The fourth-order valence-electron chi connectivity index (χ4n) is 4.08. The van der Waals surface area contributed by atoms with E-state index in [-0.39, 0.29) is 12.3 Å². The highest BCUT2D eigenvalue weighted by molar-refractivity contribution is 5.84. The standard InChI is InChI=1S/C20H23N3O4/c24-18(10-9-17-21-19(22-27-17)13-5-1-2-6-13)23-12-15-8-4-3-7-14(15)11-16(23)20(25)26/h3-4,7-8,13,16H,1-2,5-6,9-12H2,(H,25,26)/t16-/m0/s1. The normalized spacial score (nSPS) is 19.9. The first kappa shape index (κ1) is 17.7. The quantitative estimate of drug-likeness (QED) is 0.870. The van der Waals surface area contributed by atoms with Crippen LogP contribution < -0.4 is 0 Å². The summed E-state index contributed by atoms with van der Waals surface area (Å²) in [6.07, 6.45) is 5.40. The SMILES string of the molecule is O=C(O)[C@@H]1Cc2ccccc2CN1C(=O)CCc1nc(C2CCCC2)no1. The van der Waals surface area contributed by atoms with E-state index in [9.17, 15) is 14.7 Å². The molecule has 27 heavy (non-hydrogen) atoms. The van der Waals surface area contributed by atoms with E-state index >= 15 is 0 Å². The van der Waals surface area contributed by atoms with Gasteiger partial charge in [0, 0.05) is 31.7 Å². The van der Waals surface area contributed by atoms with Crippen molar-refractivity contribution in [2.24, 2.45) is 0 Å². The zero-order valence-electron chi connectivity index (χ0n) is 15.1. The molecule has 1 atom stereocenters. The van der Waals surface area contributed by atoms with Gasteiger partial charge >= 0.3 is 5.97 Å². The van der Waals surface area contributed by atoms with Crippen LogP contribution in [0.15, 0.2) is 28.8 Å². The molecule has 2 aliphatic rings. The average Bonchev–Trinajstić information content (AvgIpc) is 3.36. The molecular formula is C20H23N3O4. The summed E-state index contributed by atoms with van der Waals surface area (Å²) in [5.41, 5.74) is 2.00. The first-order valence-electron chi connectivity index (χ1n) is 9.53. The second-order valence-corrected chi connectivity index (χ2v) is 7.38. The van der Waals surface area contributed by atoms with Gasteiger partial charge < -0.3 is 14.5 Å². The topological polar surface area (TPSA) is 96.5 Å². The van der Waals surface area contributed by atoms with Gasteiger partial charge in [-0.2, -0.15) is 4.98 Å². The van der Waals surface area contributed by atoms with Gasteiger partial charge in [0.25, 0.3) is 0 Å². The Morgan fingerprint density at radius 1 is 1.19 bits per heavy atom. The summed E-state index contributed by atoms with van der Waals surface area (Å²) in [6, 6.07) is 6.85. The number of carboxylic acid groups (broad SMARTS) is 1. The molecule has 1 aliphatic carbocycles. The van der Waals surface area contributed by atoms with Gasteiger partial charge in [-0.25, -0.2) is 4.79 Å². The number of rotatable bonds is 5. The number of aromatic nitrogens is 2. The maximum absolute atomic E-state index is 12.7. The van der Waals surface area contributed by atoms with E-state index in [1.54, 1.807) is 0 Å². The Kier molecular flexibility index (Phi) is 4.92. The molecule has 4 rings (SSSR count).